The van der Waals surface area contributed by atoms with E-state index in [1.165, 1.54) is 0 Å². The van der Waals surface area contributed by atoms with E-state index in [9.17, 15) is 0 Å². The Kier molecular flexibility index (Phi) is 4.77. The normalized spacial score (nSPS) is 12.9. The van der Waals surface area contributed by atoms with Crippen molar-refractivity contribution in [3.8, 4) is 5.75 Å². The highest BCUT2D eigenvalue weighted by Crippen LogP contribution is 2.29. The van der Waals surface area contributed by atoms with Crippen molar-refractivity contribution < 1.29 is 4.74 Å². The number of hydrogen-bond donors (Lipinski definition) is 1. The zero-order chi connectivity index (χ0) is 11.4. The maximum absolute atomic E-state index is 6.07. The summed E-state index contributed by atoms with van der Waals surface area (Å²) in [6.45, 7) is 0. The second-order valence-corrected chi connectivity index (χ2v) is 4.33. The molecule has 84 valence electrons. The number of benzene rings is 1. The van der Waals surface area contributed by atoms with E-state index in [4.69, 9.17) is 16.3 Å². The molecule has 1 unspecified atom stereocenters. The van der Waals surface area contributed by atoms with Gasteiger partial charge in [0.15, 0.2) is 0 Å². The predicted octanol–water partition coefficient (Wildman–Crippen LogP) is 2.88. The van der Waals surface area contributed by atoms with Crippen LogP contribution in [0.15, 0.2) is 18.2 Å². The summed E-state index contributed by atoms with van der Waals surface area (Å²) in [5, 5.41) is 0.642. The van der Waals surface area contributed by atoms with Gasteiger partial charge in [-0.1, -0.05) is 17.7 Å². The van der Waals surface area contributed by atoms with Crippen LogP contribution in [0.1, 0.15) is 11.6 Å². The molecule has 0 fully saturated rings. The maximum atomic E-state index is 6.07. The fourth-order valence-corrected chi connectivity index (χ4v) is 2.26. The molecule has 0 amide bonds. The minimum Gasteiger partial charge on any atom is -0.495 e. The number of nitrogens with zero attached hydrogens (tertiary/aromatic N) is 1. The highest BCUT2D eigenvalue weighted by Gasteiger charge is 2.13. The molecule has 0 aliphatic heterocycles. The molecule has 1 aromatic carbocycles. The van der Waals surface area contributed by atoms with Crippen LogP contribution in [0.2, 0.25) is 5.02 Å². The first kappa shape index (κ1) is 12.7. The van der Waals surface area contributed by atoms with Gasteiger partial charge in [-0.3, -0.25) is 0 Å². The highest BCUT2D eigenvalue weighted by molar-refractivity contribution is 7.80. The molecule has 1 atom stereocenters. The Morgan fingerprint density at radius 2 is 2.13 bits per heavy atom. The standard InChI is InChI=1S/C11H16ClNOS/c1-13(2)10(7-15)8-4-5-11(14-3)9(12)6-8/h4-6,10,15H,7H2,1-3H3. The molecule has 2 nitrogen and oxygen atoms in total. The molecule has 0 aliphatic rings. The lowest BCUT2D eigenvalue weighted by atomic mass is 10.1. The third-order valence-corrected chi connectivity index (χ3v) is 3.00. The van der Waals surface area contributed by atoms with Crippen LogP contribution >= 0.6 is 24.2 Å². The number of halogens is 1. The van der Waals surface area contributed by atoms with E-state index in [1.807, 2.05) is 32.3 Å². The van der Waals surface area contributed by atoms with Crippen LogP contribution in [-0.2, 0) is 0 Å². The van der Waals surface area contributed by atoms with E-state index in [2.05, 4.69) is 17.5 Å². The van der Waals surface area contributed by atoms with E-state index < -0.39 is 0 Å². The lowest BCUT2D eigenvalue weighted by Crippen LogP contribution is -2.21. The number of methoxy groups -OCH3 is 1. The SMILES string of the molecule is COc1ccc(C(CS)N(C)C)cc1Cl. The first-order valence-electron chi connectivity index (χ1n) is 4.71. The summed E-state index contributed by atoms with van der Waals surface area (Å²) >= 11 is 10.4. The summed E-state index contributed by atoms with van der Waals surface area (Å²) in [6.07, 6.45) is 0. The lowest BCUT2D eigenvalue weighted by molar-refractivity contribution is 0.326. The molecule has 0 radical (unpaired) electrons. The molecule has 0 spiro atoms. The Labute approximate surface area is 102 Å². The summed E-state index contributed by atoms with van der Waals surface area (Å²) in [6, 6.07) is 6.11. The van der Waals surface area contributed by atoms with E-state index in [0.29, 0.717) is 10.8 Å². The van der Waals surface area contributed by atoms with Gasteiger partial charge in [-0.25, -0.2) is 0 Å². The van der Waals surface area contributed by atoms with Crippen molar-refractivity contribution in [1.29, 1.82) is 0 Å². The van der Waals surface area contributed by atoms with Gasteiger partial charge in [0.2, 0.25) is 0 Å². The molecule has 1 rings (SSSR count). The van der Waals surface area contributed by atoms with Crippen LogP contribution < -0.4 is 4.74 Å². The van der Waals surface area contributed by atoms with Gasteiger partial charge in [-0.15, -0.1) is 0 Å². The first-order chi connectivity index (χ1) is 7.10. The molecule has 0 N–H and O–H groups in total. The molecule has 15 heavy (non-hydrogen) atoms. The molecule has 0 bridgehead atoms. The van der Waals surface area contributed by atoms with Crippen molar-refractivity contribution >= 4 is 24.2 Å². The van der Waals surface area contributed by atoms with Crippen LogP contribution in [-0.4, -0.2) is 31.9 Å². The van der Waals surface area contributed by atoms with Crippen molar-refractivity contribution in [3.05, 3.63) is 28.8 Å². The van der Waals surface area contributed by atoms with E-state index >= 15 is 0 Å². The van der Waals surface area contributed by atoms with E-state index in [1.54, 1.807) is 7.11 Å². The smallest absolute Gasteiger partial charge is 0.137 e. The Hall–Kier alpha value is -0.380. The maximum Gasteiger partial charge on any atom is 0.137 e. The van der Waals surface area contributed by atoms with E-state index in [0.717, 1.165) is 11.3 Å². The summed E-state index contributed by atoms with van der Waals surface area (Å²) in [7, 11) is 5.67. The zero-order valence-corrected chi connectivity index (χ0v) is 10.8. The van der Waals surface area contributed by atoms with Gasteiger partial charge in [-0.2, -0.15) is 12.6 Å². The van der Waals surface area contributed by atoms with Crippen molar-refractivity contribution in [3.63, 3.8) is 0 Å². The second-order valence-electron chi connectivity index (χ2n) is 3.56. The molecule has 4 heteroatoms. The number of thiol groups is 1. The summed E-state index contributed by atoms with van der Waals surface area (Å²) in [5.74, 6) is 1.47. The molecule has 0 heterocycles. The summed E-state index contributed by atoms with van der Waals surface area (Å²) in [4.78, 5) is 2.12. The van der Waals surface area contributed by atoms with Crippen LogP contribution in [0, 0.1) is 0 Å². The third-order valence-electron chi connectivity index (χ3n) is 2.36. The molecule has 0 aliphatic carbocycles. The largest absolute Gasteiger partial charge is 0.495 e. The molecule has 0 saturated heterocycles. The first-order valence-corrected chi connectivity index (χ1v) is 5.72. The summed E-state index contributed by atoms with van der Waals surface area (Å²) in [5.41, 5.74) is 1.15. The number of ether oxygens (including phenoxy) is 1. The monoisotopic (exact) mass is 245 g/mol. The van der Waals surface area contributed by atoms with Crippen LogP contribution in [0.3, 0.4) is 0 Å². The fraction of sp³-hybridized carbons (Fsp3) is 0.455. The zero-order valence-electron chi connectivity index (χ0n) is 9.20. The topological polar surface area (TPSA) is 12.5 Å². The third kappa shape index (κ3) is 3.03. The molecule has 0 saturated carbocycles. The summed E-state index contributed by atoms with van der Waals surface area (Å²) < 4.78 is 5.11. The van der Waals surface area contributed by atoms with Gasteiger partial charge in [0.1, 0.15) is 5.75 Å². The molecule has 1 aromatic rings. The quantitative estimate of drug-likeness (QED) is 0.819. The fourth-order valence-electron chi connectivity index (χ4n) is 1.46. The molecular weight excluding hydrogens is 230 g/mol. The minimum absolute atomic E-state index is 0.275. The van der Waals surface area contributed by atoms with Crippen molar-refractivity contribution in [2.24, 2.45) is 0 Å². The van der Waals surface area contributed by atoms with Crippen molar-refractivity contribution in [2.75, 3.05) is 27.0 Å². The Morgan fingerprint density at radius 1 is 1.47 bits per heavy atom. The Bertz CT molecular complexity index is 330. The van der Waals surface area contributed by atoms with Crippen LogP contribution in [0.25, 0.3) is 0 Å². The van der Waals surface area contributed by atoms with Gasteiger partial charge in [0, 0.05) is 11.8 Å². The number of rotatable bonds is 4. The van der Waals surface area contributed by atoms with Gasteiger partial charge >= 0.3 is 0 Å². The van der Waals surface area contributed by atoms with Crippen molar-refractivity contribution in [2.45, 2.75) is 6.04 Å². The van der Waals surface area contributed by atoms with Gasteiger partial charge in [-0.05, 0) is 31.8 Å². The minimum atomic E-state index is 0.275. The predicted molar refractivity (Wildman–Crippen MR) is 68.3 cm³/mol. The van der Waals surface area contributed by atoms with Crippen LogP contribution in [0.5, 0.6) is 5.75 Å². The average Bonchev–Trinajstić information content (AvgIpc) is 2.18. The highest BCUT2D eigenvalue weighted by atomic mass is 35.5. The molecular formula is C11H16ClNOS. The van der Waals surface area contributed by atoms with Crippen LogP contribution in [0.4, 0.5) is 0 Å². The lowest BCUT2D eigenvalue weighted by Gasteiger charge is -2.23. The van der Waals surface area contributed by atoms with Gasteiger partial charge < -0.3 is 9.64 Å². The van der Waals surface area contributed by atoms with Gasteiger partial charge in [0.05, 0.1) is 12.1 Å². The molecule has 0 aromatic heterocycles. The van der Waals surface area contributed by atoms with Crippen molar-refractivity contribution in [1.82, 2.24) is 4.90 Å². The average molecular weight is 246 g/mol. The Balaban J connectivity index is 3.00. The second kappa shape index (κ2) is 5.64. The Morgan fingerprint density at radius 3 is 2.53 bits per heavy atom. The van der Waals surface area contributed by atoms with E-state index in [-0.39, 0.29) is 6.04 Å². The number of hydrogen-bond acceptors (Lipinski definition) is 3. The van der Waals surface area contributed by atoms with Gasteiger partial charge in [0.25, 0.3) is 0 Å².